The second kappa shape index (κ2) is 4.62. The number of nitrogens with zero attached hydrogens (tertiary/aromatic N) is 1. The van der Waals surface area contributed by atoms with Crippen LogP contribution >= 0.6 is 30.1 Å². The molecule has 0 aromatic carbocycles. The summed E-state index contributed by atoms with van der Waals surface area (Å²) in [6, 6.07) is 3.92. The summed E-state index contributed by atoms with van der Waals surface area (Å²) in [4.78, 5) is 4.13. The minimum Gasteiger partial charge on any atom is -0.247 e. The summed E-state index contributed by atoms with van der Waals surface area (Å²) in [5.74, 6) is 2.96. The van der Waals surface area contributed by atoms with Crippen LogP contribution in [0.25, 0.3) is 0 Å². The van der Waals surface area contributed by atoms with Crippen LogP contribution in [-0.4, -0.2) is 4.98 Å². The van der Waals surface area contributed by atoms with E-state index in [0.29, 0.717) is 0 Å². The lowest BCUT2D eigenvalue weighted by Gasteiger charge is -1.92. The zero-order valence-electron chi connectivity index (χ0n) is 5.97. The van der Waals surface area contributed by atoms with Gasteiger partial charge in [-0.3, -0.25) is 0 Å². The van der Waals surface area contributed by atoms with Gasteiger partial charge >= 0.3 is 0 Å². The maximum atomic E-state index is 4.13. The molecule has 0 aliphatic rings. The van der Waals surface area contributed by atoms with Crippen molar-refractivity contribution >= 4 is 30.1 Å². The van der Waals surface area contributed by atoms with E-state index < -0.39 is 0 Å². The van der Waals surface area contributed by atoms with Crippen LogP contribution in [0.1, 0.15) is 11.3 Å². The van der Waals surface area contributed by atoms with Crippen LogP contribution in [0.4, 0.5) is 0 Å². The van der Waals surface area contributed by atoms with Gasteiger partial charge in [0, 0.05) is 27.4 Å². The summed E-state index contributed by atoms with van der Waals surface area (Å²) in [5, 5.41) is 2.90. The summed E-state index contributed by atoms with van der Waals surface area (Å²) in [7, 11) is 1.47. The largest absolute Gasteiger partial charge is 0.247 e. The van der Waals surface area contributed by atoms with Crippen LogP contribution in [0, 0.1) is 18.1 Å². The monoisotopic (exact) mass is 275 g/mol. The lowest BCUT2D eigenvalue weighted by Crippen LogP contribution is -1.84. The molecule has 0 aliphatic heterocycles. The molecule has 3 heteroatoms. The van der Waals surface area contributed by atoms with E-state index in [-0.39, 0.29) is 0 Å². The van der Waals surface area contributed by atoms with Gasteiger partial charge in [-0.15, -0.1) is 0 Å². The van der Waals surface area contributed by atoms with E-state index in [1.807, 2.05) is 19.1 Å². The summed E-state index contributed by atoms with van der Waals surface area (Å²) >= 11 is 2.14. The summed E-state index contributed by atoms with van der Waals surface area (Å²) in [6.45, 7) is 2.01. The zero-order valence-corrected chi connectivity index (χ0v) is 8.94. The molecule has 1 rings (SSSR count). The third-order valence-corrected chi connectivity index (χ3v) is 2.06. The topological polar surface area (TPSA) is 12.9 Å². The number of halogens is 1. The van der Waals surface area contributed by atoms with Crippen molar-refractivity contribution in [3.63, 3.8) is 0 Å². The highest BCUT2D eigenvalue weighted by atomic mass is 127. The minimum atomic E-state index is 0.872. The van der Waals surface area contributed by atoms with Gasteiger partial charge < -0.3 is 0 Å². The standard InChI is InChI=1S/C8H6INS/c1-7-3-2-5-10-8(7)4-6-11-9/h2-3,5H,1H3. The molecule has 0 fully saturated rings. The predicted molar refractivity (Wildman–Crippen MR) is 57.5 cm³/mol. The predicted octanol–water partition coefficient (Wildman–Crippen LogP) is 2.78. The smallest absolute Gasteiger partial charge is 0.116 e. The summed E-state index contributed by atoms with van der Waals surface area (Å²) in [6.07, 6.45) is 1.76. The Morgan fingerprint density at radius 2 is 2.45 bits per heavy atom. The number of hydrogen-bond donors (Lipinski definition) is 0. The number of pyridine rings is 1. The number of rotatable bonds is 0. The number of hydrogen-bond acceptors (Lipinski definition) is 2. The maximum Gasteiger partial charge on any atom is 0.116 e. The van der Waals surface area contributed by atoms with Crippen LogP contribution < -0.4 is 0 Å². The van der Waals surface area contributed by atoms with Crippen molar-refractivity contribution < 1.29 is 0 Å². The molecular weight excluding hydrogens is 269 g/mol. The Hall–Kier alpha value is -0.210. The quantitative estimate of drug-likeness (QED) is 0.533. The van der Waals surface area contributed by atoms with Crippen LogP contribution in [0.15, 0.2) is 18.3 Å². The van der Waals surface area contributed by atoms with Crippen molar-refractivity contribution in [3.8, 4) is 11.2 Å². The first-order valence-electron chi connectivity index (χ1n) is 3.05. The molecule has 11 heavy (non-hydrogen) atoms. The van der Waals surface area contributed by atoms with Crippen molar-refractivity contribution in [1.29, 1.82) is 0 Å². The van der Waals surface area contributed by atoms with E-state index in [1.165, 1.54) is 8.93 Å². The molecule has 1 aromatic heterocycles. The molecule has 1 heterocycles. The molecule has 0 amide bonds. The minimum absolute atomic E-state index is 0.872. The van der Waals surface area contributed by atoms with Gasteiger partial charge in [0.25, 0.3) is 0 Å². The highest BCUT2D eigenvalue weighted by Gasteiger charge is 1.90. The van der Waals surface area contributed by atoms with Gasteiger partial charge in [-0.05, 0) is 38.7 Å². The molecular formula is C8H6INS. The summed E-state index contributed by atoms with van der Waals surface area (Å²) in [5.41, 5.74) is 2.00. The van der Waals surface area contributed by atoms with Crippen molar-refractivity contribution in [3.05, 3.63) is 29.6 Å². The molecule has 0 saturated heterocycles. The van der Waals surface area contributed by atoms with Gasteiger partial charge in [-0.1, -0.05) is 6.07 Å². The second-order valence-corrected chi connectivity index (χ2v) is 3.65. The van der Waals surface area contributed by atoms with Crippen molar-refractivity contribution in [2.24, 2.45) is 0 Å². The normalized spacial score (nSPS) is 8.55. The van der Waals surface area contributed by atoms with E-state index in [2.05, 4.69) is 37.4 Å². The van der Waals surface area contributed by atoms with Crippen molar-refractivity contribution in [1.82, 2.24) is 4.98 Å². The van der Waals surface area contributed by atoms with E-state index in [0.717, 1.165) is 11.3 Å². The van der Waals surface area contributed by atoms with E-state index in [1.54, 1.807) is 6.20 Å². The van der Waals surface area contributed by atoms with Gasteiger partial charge in [-0.25, -0.2) is 4.98 Å². The maximum absolute atomic E-state index is 4.13. The Kier molecular flexibility index (Phi) is 3.73. The van der Waals surface area contributed by atoms with Gasteiger partial charge in [0.2, 0.25) is 0 Å². The molecule has 0 bridgehead atoms. The lowest BCUT2D eigenvalue weighted by molar-refractivity contribution is 1.23. The van der Waals surface area contributed by atoms with Gasteiger partial charge in [0.15, 0.2) is 0 Å². The molecule has 0 N–H and O–H groups in total. The molecule has 0 aliphatic carbocycles. The molecule has 1 nitrogen and oxygen atoms in total. The highest BCUT2D eigenvalue weighted by Crippen LogP contribution is 2.08. The third kappa shape index (κ3) is 2.72. The Morgan fingerprint density at radius 3 is 3.09 bits per heavy atom. The first-order valence-corrected chi connectivity index (χ1v) is 6.40. The van der Waals surface area contributed by atoms with Crippen LogP contribution in [0.2, 0.25) is 0 Å². The molecule has 0 saturated carbocycles. The first-order chi connectivity index (χ1) is 5.34. The molecule has 0 unspecified atom stereocenters. The number of aryl methyl sites for hydroxylation is 1. The van der Waals surface area contributed by atoms with Gasteiger partial charge in [-0.2, -0.15) is 0 Å². The fourth-order valence-electron chi connectivity index (χ4n) is 0.684. The average Bonchev–Trinajstić information content (AvgIpc) is 2.03. The molecule has 56 valence electrons. The van der Waals surface area contributed by atoms with Crippen LogP contribution in [0.5, 0.6) is 0 Å². The Labute approximate surface area is 82.6 Å². The fourth-order valence-corrected chi connectivity index (χ4v) is 1.15. The average molecular weight is 275 g/mol. The molecule has 0 radical (unpaired) electrons. The Morgan fingerprint density at radius 1 is 1.64 bits per heavy atom. The van der Waals surface area contributed by atoms with E-state index >= 15 is 0 Å². The SMILES string of the molecule is Cc1cccnc1C#CSI. The second-order valence-electron chi connectivity index (χ2n) is 1.97. The first kappa shape index (κ1) is 8.88. The molecule has 0 atom stereocenters. The highest BCUT2D eigenvalue weighted by molar-refractivity contribution is 14.2. The fraction of sp³-hybridized carbons (Fsp3) is 0.125. The van der Waals surface area contributed by atoms with Crippen LogP contribution in [-0.2, 0) is 0 Å². The van der Waals surface area contributed by atoms with Gasteiger partial charge in [0.1, 0.15) is 5.69 Å². The van der Waals surface area contributed by atoms with E-state index in [4.69, 9.17) is 0 Å². The van der Waals surface area contributed by atoms with Gasteiger partial charge in [0.05, 0.1) is 0 Å². The zero-order chi connectivity index (χ0) is 8.10. The Bertz CT molecular complexity index is 300. The van der Waals surface area contributed by atoms with Crippen molar-refractivity contribution in [2.45, 2.75) is 6.92 Å². The Balaban J connectivity index is 2.95. The lowest BCUT2D eigenvalue weighted by atomic mass is 10.2. The summed E-state index contributed by atoms with van der Waals surface area (Å²) < 4.78 is 0. The molecule has 0 spiro atoms. The third-order valence-electron chi connectivity index (χ3n) is 1.22. The van der Waals surface area contributed by atoms with E-state index in [9.17, 15) is 0 Å². The molecule has 1 aromatic rings. The number of aromatic nitrogens is 1. The van der Waals surface area contributed by atoms with Crippen LogP contribution in [0.3, 0.4) is 0 Å². The van der Waals surface area contributed by atoms with Crippen molar-refractivity contribution in [2.75, 3.05) is 0 Å².